The number of aliphatic hydroxyl groups excluding tert-OH is 1. The molecule has 0 spiro atoms. The number of carbonyl (C=O) groups excluding carboxylic acids is 2. The van der Waals surface area contributed by atoms with Gasteiger partial charge in [0, 0.05) is 12.8 Å². The van der Waals surface area contributed by atoms with Crippen molar-refractivity contribution in [1.29, 1.82) is 0 Å². The molecule has 0 amide bonds. The van der Waals surface area contributed by atoms with Crippen LogP contribution in [0.4, 0.5) is 0 Å². The Labute approximate surface area is 128 Å². The third-order valence-electron chi connectivity index (χ3n) is 4.21. The van der Waals surface area contributed by atoms with Gasteiger partial charge < -0.3 is 5.11 Å². The van der Waals surface area contributed by atoms with Crippen molar-refractivity contribution in [3.63, 3.8) is 0 Å². The van der Waals surface area contributed by atoms with Crippen LogP contribution in [-0.4, -0.2) is 22.8 Å². The van der Waals surface area contributed by atoms with E-state index >= 15 is 0 Å². The fraction of sp³-hybridized carbons (Fsp3) is 0.778. The van der Waals surface area contributed by atoms with Crippen LogP contribution in [0.3, 0.4) is 0 Å². The standard InChI is InChI=1S/C18H30O3/c1-2-3-4-5-6-7-11-17(20)18(21)13-12-15-9-8-10-16(19)14-15/h12-13,15,17,20H,2-11,14H2,1H3/b13-12+/t15-,17-/m1/s1. The van der Waals surface area contributed by atoms with Crippen molar-refractivity contribution in [3.8, 4) is 0 Å². The first kappa shape index (κ1) is 18.1. The molecule has 0 bridgehead atoms. The maximum atomic E-state index is 11.8. The molecular weight excluding hydrogens is 264 g/mol. The predicted molar refractivity (Wildman–Crippen MR) is 85.1 cm³/mol. The van der Waals surface area contributed by atoms with Crippen LogP contribution in [0.5, 0.6) is 0 Å². The fourth-order valence-corrected chi connectivity index (χ4v) is 2.82. The Balaban J connectivity index is 2.16. The SMILES string of the molecule is CCCCCCCC[C@@H](O)C(=O)/C=C/[C@H]1CCCC(=O)C1. The lowest BCUT2D eigenvalue weighted by molar-refractivity contribution is -0.123. The van der Waals surface area contributed by atoms with Crippen molar-refractivity contribution in [2.45, 2.75) is 83.7 Å². The Kier molecular flexibility index (Phi) is 9.24. The summed E-state index contributed by atoms with van der Waals surface area (Å²) in [6.07, 6.45) is 13.1. The summed E-state index contributed by atoms with van der Waals surface area (Å²) < 4.78 is 0. The first-order valence-electron chi connectivity index (χ1n) is 8.55. The van der Waals surface area contributed by atoms with Gasteiger partial charge in [0.2, 0.25) is 0 Å². The van der Waals surface area contributed by atoms with E-state index in [4.69, 9.17) is 0 Å². The third-order valence-corrected chi connectivity index (χ3v) is 4.21. The zero-order valence-electron chi connectivity index (χ0n) is 13.4. The molecule has 120 valence electrons. The van der Waals surface area contributed by atoms with E-state index < -0.39 is 6.10 Å². The van der Waals surface area contributed by atoms with Gasteiger partial charge in [-0.1, -0.05) is 51.5 Å². The van der Waals surface area contributed by atoms with Crippen molar-refractivity contribution in [2.24, 2.45) is 5.92 Å². The van der Waals surface area contributed by atoms with Gasteiger partial charge in [-0.05, 0) is 31.3 Å². The molecule has 1 aliphatic carbocycles. The second kappa shape index (κ2) is 10.7. The molecule has 3 nitrogen and oxygen atoms in total. The summed E-state index contributed by atoms with van der Waals surface area (Å²) in [5.74, 6) is 0.272. The molecule has 1 N–H and O–H groups in total. The molecule has 1 aliphatic rings. The normalized spacial score (nSPS) is 20.9. The number of aliphatic hydroxyl groups is 1. The van der Waals surface area contributed by atoms with Crippen molar-refractivity contribution < 1.29 is 14.7 Å². The number of carbonyl (C=O) groups is 2. The van der Waals surface area contributed by atoms with Crippen LogP contribution in [-0.2, 0) is 9.59 Å². The average Bonchev–Trinajstić information content (AvgIpc) is 2.48. The number of Topliss-reactive ketones (excluding diaryl/α,β-unsaturated/α-hetero) is 1. The molecule has 0 aromatic carbocycles. The van der Waals surface area contributed by atoms with E-state index in [0.29, 0.717) is 19.3 Å². The molecule has 1 fully saturated rings. The van der Waals surface area contributed by atoms with Crippen LogP contribution in [0.25, 0.3) is 0 Å². The van der Waals surface area contributed by atoms with E-state index in [1.165, 1.54) is 31.8 Å². The maximum Gasteiger partial charge on any atom is 0.183 e. The smallest absolute Gasteiger partial charge is 0.183 e. The van der Waals surface area contributed by atoms with E-state index in [9.17, 15) is 14.7 Å². The van der Waals surface area contributed by atoms with Crippen molar-refractivity contribution >= 4 is 11.6 Å². The lowest BCUT2D eigenvalue weighted by Crippen LogP contribution is -2.19. The van der Waals surface area contributed by atoms with Crippen LogP contribution < -0.4 is 0 Å². The average molecular weight is 294 g/mol. The summed E-state index contributed by atoms with van der Waals surface area (Å²) in [4.78, 5) is 23.1. The highest BCUT2D eigenvalue weighted by Crippen LogP contribution is 2.22. The Hall–Kier alpha value is -0.960. The van der Waals surface area contributed by atoms with E-state index in [-0.39, 0.29) is 17.5 Å². The van der Waals surface area contributed by atoms with Crippen LogP contribution in [0.15, 0.2) is 12.2 Å². The molecule has 3 heteroatoms. The van der Waals surface area contributed by atoms with E-state index in [2.05, 4.69) is 6.92 Å². The van der Waals surface area contributed by atoms with Gasteiger partial charge in [0.25, 0.3) is 0 Å². The van der Waals surface area contributed by atoms with Crippen molar-refractivity contribution in [1.82, 2.24) is 0 Å². The first-order valence-corrected chi connectivity index (χ1v) is 8.55. The Morgan fingerprint density at radius 2 is 2.00 bits per heavy atom. The van der Waals surface area contributed by atoms with E-state index in [1.807, 2.05) is 6.08 Å². The van der Waals surface area contributed by atoms with Gasteiger partial charge in [-0.15, -0.1) is 0 Å². The summed E-state index contributed by atoms with van der Waals surface area (Å²) in [5, 5.41) is 9.83. The molecule has 0 aliphatic heterocycles. The molecule has 0 unspecified atom stereocenters. The van der Waals surface area contributed by atoms with Gasteiger partial charge in [0.15, 0.2) is 5.78 Å². The van der Waals surface area contributed by atoms with Crippen molar-refractivity contribution in [3.05, 3.63) is 12.2 Å². The molecule has 0 heterocycles. The highest BCUT2D eigenvalue weighted by atomic mass is 16.3. The summed E-state index contributed by atoms with van der Waals surface area (Å²) >= 11 is 0. The Morgan fingerprint density at radius 1 is 1.29 bits per heavy atom. The molecule has 21 heavy (non-hydrogen) atoms. The van der Waals surface area contributed by atoms with Gasteiger partial charge in [-0.25, -0.2) is 0 Å². The minimum atomic E-state index is -0.869. The van der Waals surface area contributed by atoms with Crippen LogP contribution >= 0.6 is 0 Å². The molecule has 0 aromatic rings. The summed E-state index contributed by atoms with van der Waals surface area (Å²) in [6.45, 7) is 2.19. The number of unbranched alkanes of at least 4 members (excludes halogenated alkanes) is 5. The highest BCUT2D eigenvalue weighted by Gasteiger charge is 2.18. The number of rotatable bonds is 10. The first-order chi connectivity index (χ1) is 10.1. The molecule has 1 rings (SSSR count). The second-order valence-electron chi connectivity index (χ2n) is 6.23. The monoisotopic (exact) mass is 294 g/mol. The topological polar surface area (TPSA) is 54.4 Å². The summed E-state index contributed by atoms with van der Waals surface area (Å²) in [7, 11) is 0. The Morgan fingerprint density at radius 3 is 2.71 bits per heavy atom. The second-order valence-corrected chi connectivity index (χ2v) is 6.23. The van der Waals surface area contributed by atoms with E-state index in [1.54, 1.807) is 0 Å². The molecule has 1 saturated carbocycles. The molecule has 0 radical (unpaired) electrons. The van der Waals surface area contributed by atoms with E-state index in [0.717, 1.165) is 25.7 Å². The van der Waals surface area contributed by atoms with Gasteiger partial charge in [0.05, 0.1) is 0 Å². The van der Waals surface area contributed by atoms with Crippen LogP contribution in [0, 0.1) is 5.92 Å². The minimum Gasteiger partial charge on any atom is -0.385 e. The number of ketones is 2. The number of hydrogen-bond acceptors (Lipinski definition) is 3. The van der Waals surface area contributed by atoms with Gasteiger partial charge in [-0.2, -0.15) is 0 Å². The maximum absolute atomic E-state index is 11.8. The van der Waals surface area contributed by atoms with Gasteiger partial charge in [-0.3, -0.25) is 9.59 Å². The zero-order valence-corrected chi connectivity index (χ0v) is 13.4. The van der Waals surface area contributed by atoms with Gasteiger partial charge in [0.1, 0.15) is 11.9 Å². The van der Waals surface area contributed by atoms with Crippen molar-refractivity contribution in [2.75, 3.05) is 0 Å². The summed E-state index contributed by atoms with van der Waals surface area (Å²) in [5.41, 5.74) is 0. The molecule has 2 atom stereocenters. The number of hydrogen-bond donors (Lipinski definition) is 1. The van der Waals surface area contributed by atoms with Gasteiger partial charge >= 0.3 is 0 Å². The lowest BCUT2D eigenvalue weighted by Gasteiger charge is -2.17. The zero-order chi connectivity index (χ0) is 15.5. The quantitative estimate of drug-likeness (QED) is 0.490. The van der Waals surface area contributed by atoms with Crippen LogP contribution in [0.2, 0.25) is 0 Å². The lowest BCUT2D eigenvalue weighted by atomic mass is 9.88. The molecular formula is C18H30O3. The third kappa shape index (κ3) is 8.15. The minimum absolute atomic E-state index is 0.191. The largest absolute Gasteiger partial charge is 0.385 e. The Bertz CT molecular complexity index is 346. The highest BCUT2D eigenvalue weighted by molar-refractivity contribution is 5.93. The van der Waals surface area contributed by atoms with Crippen LogP contribution in [0.1, 0.15) is 77.6 Å². The fourth-order valence-electron chi connectivity index (χ4n) is 2.82. The summed E-state index contributed by atoms with van der Waals surface area (Å²) in [6, 6.07) is 0. The predicted octanol–water partition coefficient (Wildman–Crippen LogP) is 3.98. The molecule has 0 saturated heterocycles. The molecule has 0 aromatic heterocycles. The number of allylic oxidation sites excluding steroid dienone is 1.